The quantitative estimate of drug-likeness (QED) is 0.739. The summed E-state index contributed by atoms with van der Waals surface area (Å²) >= 11 is 0. The molecule has 1 aliphatic heterocycles. The second-order valence-electron chi connectivity index (χ2n) is 7.98. The number of carbonyl (C=O) groups is 1. The third-order valence-corrected chi connectivity index (χ3v) is 7.32. The maximum atomic E-state index is 11.9. The third-order valence-electron chi connectivity index (χ3n) is 7.32. The molecule has 23 heavy (non-hydrogen) atoms. The molecule has 122 valence electrons. The van der Waals surface area contributed by atoms with Gasteiger partial charge in [-0.1, -0.05) is 6.07 Å². The molecular formula is C20H24O3. The van der Waals surface area contributed by atoms with Crippen LogP contribution in [0, 0.1) is 17.3 Å². The lowest BCUT2D eigenvalue weighted by molar-refractivity contribution is -0.141. The van der Waals surface area contributed by atoms with E-state index >= 15 is 0 Å². The molecule has 1 aromatic rings. The van der Waals surface area contributed by atoms with Crippen LogP contribution < -0.4 is 4.74 Å². The van der Waals surface area contributed by atoms with Gasteiger partial charge in [-0.2, -0.15) is 0 Å². The van der Waals surface area contributed by atoms with E-state index in [4.69, 9.17) is 9.47 Å². The predicted octanol–water partition coefficient (Wildman–Crippen LogP) is 3.85. The standard InChI is InChI=1S/C20H24O3/c1-22-13-3-5-14-12(10-13)2-4-16-15(14)8-9-20-11-19(21)23-18(20)7-6-17(16)20/h3,5,10,15-18H,2,4,6-9,11H2,1H3/t15-,16-,17+,18+,20-/m1/s1. The van der Waals surface area contributed by atoms with Crippen LogP contribution in [-0.4, -0.2) is 19.2 Å². The van der Waals surface area contributed by atoms with Crippen molar-refractivity contribution in [2.75, 3.05) is 7.11 Å². The summed E-state index contributed by atoms with van der Waals surface area (Å²) in [6, 6.07) is 6.65. The van der Waals surface area contributed by atoms with Crippen LogP contribution in [0.2, 0.25) is 0 Å². The fourth-order valence-corrected chi connectivity index (χ4v) is 6.43. The van der Waals surface area contributed by atoms with E-state index in [1.54, 1.807) is 12.7 Å². The Kier molecular flexibility index (Phi) is 2.87. The van der Waals surface area contributed by atoms with Crippen molar-refractivity contribution in [1.29, 1.82) is 0 Å². The Labute approximate surface area is 137 Å². The second-order valence-corrected chi connectivity index (χ2v) is 7.98. The Hall–Kier alpha value is -1.51. The molecule has 1 heterocycles. The van der Waals surface area contributed by atoms with Crippen LogP contribution >= 0.6 is 0 Å². The van der Waals surface area contributed by atoms with Crippen LogP contribution in [0.3, 0.4) is 0 Å². The molecule has 5 rings (SSSR count). The van der Waals surface area contributed by atoms with E-state index in [0.29, 0.717) is 18.3 Å². The van der Waals surface area contributed by atoms with Gasteiger partial charge in [0, 0.05) is 5.41 Å². The number of esters is 1. The van der Waals surface area contributed by atoms with Crippen LogP contribution in [0.15, 0.2) is 18.2 Å². The first-order valence-electron chi connectivity index (χ1n) is 9.07. The molecule has 1 aromatic carbocycles. The van der Waals surface area contributed by atoms with E-state index in [1.807, 2.05) is 0 Å². The summed E-state index contributed by atoms with van der Waals surface area (Å²) in [4.78, 5) is 11.9. The van der Waals surface area contributed by atoms with Crippen LogP contribution in [-0.2, 0) is 16.0 Å². The van der Waals surface area contributed by atoms with Crippen molar-refractivity contribution >= 4 is 5.97 Å². The van der Waals surface area contributed by atoms with E-state index in [9.17, 15) is 4.79 Å². The zero-order valence-corrected chi connectivity index (χ0v) is 13.7. The lowest BCUT2D eigenvalue weighted by atomic mass is 9.54. The molecule has 0 bridgehead atoms. The van der Waals surface area contributed by atoms with Gasteiger partial charge in [-0.25, -0.2) is 0 Å². The first-order chi connectivity index (χ1) is 11.2. The van der Waals surface area contributed by atoms with E-state index in [1.165, 1.54) is 31.2 Å². The van der Waals surface area contributed by atoms with Gasteiger partial charge in [-0.3, -0.25) is 4.79 Å². The first kappa shape index (κ1) is 13.9. The van der Waals surface area contributed by atoms with Gasteiger partial charge in [0.2, 0.25) is 0 Å². The number of rotatable bonds is 1. The highest BCUT2D eigenvalue weighted by Gasteiger charge is 2.62. The molecule has 3 fully saturated rings. The SMILES string of the molecule is COc1ccc2c(c1)CC[C@@H]1[C@@H]2CC[C@]23CC(=O)O[C@H]2CC[C@@H]13. The molecule has 2 saturated carbocycles. The Morgan fingerprint density at radius 2 is 2.13 bits per heavy atom. The fraction of sp³-hybridized carbons (Fsp3) is 0.650. The molecule has 0 unspecified atom stereocenters. The molecule has 3 aliphatic carbocycles. The maximum absolute atomic E-state index is 11.9. The number of hydrogen-bond acceptors (Lipinski definition) is 3. The van der Waals surface area contributed by atoms with Gasteiger partial charge in [0.05, 0.1) is 13.5 Å². The van der Waals surface area contributed by atoms with E-state index in [-0.39, 0.29) is 17.5 Å². The highest BCUT2D eigenvalue weighted by molar-refractivity contribution is 5.73. The number of benzene rings is 1. The number of aryl methyl sites for hydroxylation is 1. The van der Waals surface area contributed by atoms with Gasteiger partial charge in [-0.05, 0) is 79.5 Å². The smallest absolute Gasteiger partial charge is 0.306 e. The number of ether oxygens (including phenoxy) is 2. The van der Waals surface area contributed by atoms with Crippen molar-refractivity contribution in [2.45, 2.75) is 57.0 Å². The molecule has 0 aromatic heterocycles. The van der Waals surface area contributed by atoms with Crippen LogP contribution in [0.4, 0.5) is 0 Å². The van der Waals surface area contributed by atoms with Crippen molar-refractivity contribution in [3.8, 4) is 5.75 Å². The molecular weight excluding hydrogens is 288 g/mol. The molecule has 0 radical (unpaired) electrons. The second kappa shape index (κ2) is 4.75. The highest BCUT2D eigenvalue weighted by atomic mass is 16.6. The number of carbonyl (C=O) groups excluding carboxylic acids is 1. The Morgan fingerprint density at radius 1 is 1.22 bits per heavy atom. The average Bonchev–Trinajstić information content (AvgIpc) is 3.06. The lowest BCUT2D eigenvalue weighted by Gasteiger charge is -2.49. The average molecular weight is 312 g/mol. The molecule has 5 atom stereocenters. The van der Waals surface area contributed by atoms with Crippen molar-refractivity contribution in [3.05, 3.63) is 29.3 Å². The topological polar surface area (TPSA) is 35.5 Å². The van der Waals surface area contributed by atoms with Gasteiger partial charge >= 0.3 is 5.97 Å². The van der Waals surface area contributed by atoms with Crippen molar-refractivity contribution in [2.24, 2.45) is 17.3 Å². The largest absolute Gasteiger partial charge is 0.497 e. The summed E-state index contributed by atoms with van der Waals surface area (Å²) < 4.78 is 11.1. The summed E-state index contributed by atoms with van der Waals surface area (Å²) in [5.74, 6) is 3.14. The number of methoxy groups -OCH3 is 1. The summed E-state index contributed by atoms with van der Waals surface area (Å²) in [7, 11) is 1.74. The maximum Gasteiger partial charge on any atom is 0.306 e. The first-order valence-corrected chi connectivity index (χ1v) is 9.07. The van der Waals surface area contributed by atoms with Crippen molar-refractivity contribution in [3.63, 3.8) is 0 Å². The molecule has 1 spiro atoms. The minimum absolute atomic E-state index is 0.0547. The molecule has 1 saturated heterocycles. The van der Waals surface area contributed by atoms with Gasteiger partial charge < -0.3 is 9.47 Å². The predicted molar refractivity (Wildman–Crippen MR) is 86.4 cm³/mol. The highest BCUT2D eigenvalue weighted by Crippen LogP contribution is 2.65. The van der Waals surface area contributed by atoms with Crippen molar-refractivity contribution < 1.29 is 14.3 Å². The normalized spacial score (nSPS) is 40.7. The van der Waals surface area contributed by atoms with E-state index < -0.39 is 0 Å². The fourth-order valence-electron chi connectivity index (χ4n) is 6.43. The lowest BCUT2D eigenvalue weighted by Crippen LogP contribution is -2.43. The van der Waals surface area contributed by atoms with Crippen LogP contribution in [0.25, 0.3) is 0 Å². The van der Waals surface area contributed by atoms with Gasteiger partial charge in [0.25, 0.3) is 0 Å². The summed E-state index contributed by atoms with van der Waals surface area (Å²) in [6.07, 6.45) is 8.05. The minimum Gasteiger partial charge on any atom is -0.497 e. The molecule has 3 heteroatoms. The van der Waals surface area contributed by atoms with E-state index in [2.05, 4.69) is 18.2 Å². The van der Waals surface area contributed by atoms with Gasteiger partial charge in [0.15, 0.2) is 0 Å². The zero-order valence-electron chi connectivity index (χ0n) is 13.7. The van der Waals surface area contributed by atoms with Gasteiger partial charge in [0.1, 0.15) is 11.9 Å². The monoisotopic (exact) mass is 312 g/mol. The van der Waals surface area contributed by atoms with Gasteiger partial charge in [-0.15, -0.1) is 0 Å². The minimum atomic E-state index is 0.0547. The molecule has 0 N–H and O–H groups in total. The van der Waals surface area contributed by atoms with E-state index in [0.717, 1.165) is 24.5 Å². The third kappa shape index (κ3) is 1.79. The summed E-state index contributed by atoms with van der Waals surface area (Å²) in [6.45, 7) is 0. The summed E-state index contributed by atoms with van der Waals surface area (Å²) in [5, 5.41) is 0. The Bertz CT molecular complexity index is 667. The Morgan fingerprint density at radius 3 is 3.00 bits per heavy atom. The number of fused-ring (bicyclic) bond motifs is 4. The zero-order chi connectivity index (χ0) is 15.6. The Balaban J connectivity index is 1.50. The molecule has 3 nitrogen and oxygen atoms in total. The molecule has 0 amide bonds. The molecule has 4 aliphatic rings. The number of hydrogen-bond donors (Lipinski definition) is 0. The van der Waals surface area contributed by atoms with Crippen molar-refractivity contribution in [1.82, 2.24) is 0 Å². The van der Waals surface area contributed by atoms with Crippen LogP contribution in [0.1, 0.15) is 55.6 Å². The van der Waals surface area contributed by atoms with Crippen LogP contribution in [0.5, 0.6) is 5.75 Å². The summed E-state index contributed by atoms with van der Waals surface area (Å²) in [5.41, 5.74) is 3.21.